The maximum Gasteiger partial charge on any atom is 0.333 e. The first-order chi connectivity index (χ1) is 9.99. The van der Waals surface area contributed by atoms with Gasteiger partial charge in [-0.25, -0.2) is 9.59 Å². The molecule has 0 rings (SSSR count). The number of ether oxygens (including phenoxy) is 1. The Bertz CT molecular complexity index is 369. The number of hydrogen-bond acceptors (Lipinski definition) is 4. The summed E-state index contributed by atoms with van der Waals surface area (Å²) in [5.74, 6) is -0.708. The molecule has 0 aliphatic rings. The average Bonchev–Trinajstić information content (AvgIpc) is 2.37. The van der Waals surface area contributed by atoms with Crippen LogP contribution in [0.25, 0.3) is 0 Å². The summed E-state index contributed by atoms with van der Waals surface area (Å²) in [4.78, 5) is 20.4. The summed E-state index contributed by atoms with van der Waals surface area (Å²) in [5, 5.41) is 7.60. The zero-order valence-corrected chi connectivity index (χ0v) is 14.4. The van der Waals surface area contributed by atoms with Gasteiger partial charge < -0.3 is 15.6 Å². The van der Waals surface area contributed by atoms with Crippen LogP contribution in [0.15, 0.2) is 24.8 Å². The van der Waals surface area contributed by atoms with E-state index in [4.69, 9.17) is 15.6 Å². The van der Waals surface area contributed by atoms with E-state index in [1.165, 1.54) is 0 Å². The number of aliphatic carboxylic acids is 1. The van der Waals surface area contributed by atoms with Crippen molar-refractivity contribution < 1.29 is 19.4 Å². The molecule has 1 atom stereocenters. The molecular formula is C17H31NO4. The van der Waals surface area contributed by atoms with Crippen molar-refractivity contribution in [1.82, 2.24) is 0 Å². The Kier molecular flexibility index (Phi) is 12.3. The molecule has 0 aliphatic heterocycles. The lowest BCUT2D eigenvalue weighted by atomic mass is 9.94. The molecule has 0 aromatic rings. The number of carboxylic acid groups (broad SMARTS) is 1. The molecule has 128 valence electrons. The molecule has 0 heterocycles. The molecule has 0 bridgehead atoms. The first-order valence-corrected chi connectivity index (χ1v) is 7.46. The number of rotatable bonds is 9. The minimum atomic E-state index is -0.981. The van der Waals surface area contributed by atoms with E-state index in [0.717, 1.165) is 31.8 Å². The minimum absolute atomic E-state index is 0.0772. The molecule has 22 heavy (non-hydrogen) atoms. The summed E-state index contributed by atoms with van der Waals surface area (Å²) in [5.41, 5.74) is 6.30. The van der Waals surface area contributed by atoms with E-state index < -0.39 is 5.97 Å². The summed E-state index contributed by atoms with van der Waals surface area (Å²) < 4.78 is 5.06. The fourth-order valence-corrected chi connectivity index (χ4v) is 1.53. The van der Waals surface area contributed by atoms with Crippen LogP contribution in [0.3, 0.4) is 0 Å². The van der Waals surface area contributed by atoms with Gasteiger partial charge in [0.1, 0.15) is 0 Å². The van der Waals surface area contributed by atoms with E-state index in [1.54, 1.807) is 6.92 Å². The lowest BCUT2D eigenvalue weighted by Crippen LogP contribution is -2.31. The molecule has 3 N–H and O–H groups in total. The van der Waals surface area contributed by atoms with E-state index >= 15 is 0 Å². The van der Waals surface area contributed by atoms with Gasteiger partial charge in [0.05, 0.1) is 6.61 Å². The van der Waals surface area contributed by atoms with Crippen LogP contribution in [0.4, 0.5) is 0 Å². The SMILES string of the molecule is C=C(C)C(=O)OCCC(C)CCCC(C)(C)N.C=CC(=O)O. The van der Waals surface area contributed by atoms with Crippen LogP contribution >= 0.6 is 0 Å². The van der Waals surface area contributed by atoms with Gasteiger partial charge in [0, 0.05) is 17.2 Å². The summed E-state index contributed by atoms with van der Waals surface area (Å²) in [6, 6.07) is 0. The number of esters is 1. The minimum Gasteiger partial charge on any atom is -0.478 e. The zero-order valence-electron chi connectivity index (χ0n) is 14.4. The van der Waals surface area contributed by atoms with Gasteiger partial charge in [-0.2, -0.15) is 0 Å². The van der Waals surface area contributed by atoms with Gasteiger partial charge in [-0.15, -0.1) is 0 Å². The van der Waals surface area contributed by atoms with Crippen molar-refractivity contribution in [2.45, 2.75) is 58.9 Å². The number of hydrogen-bond donors (Lipinski definition) is 2. The van der Waals surface area contributed by atoms with Crippen molar-refractivity contribution in [1.29, 1.82) is 0 Å². The van der Waals surface area contributed by atoms with Gasteiger partial charge in [-0.3, -0.25) is 0 Å². The molecule has 5 nitrogen and oxygen atoms in total. The molecule has 0 fully saturated rings. The summed E-state index contributed by atoms with van der Waals surface area (Å²) in [6.45, 7) is 14.9. The van der Waals surface area contributed by atoms with E-state index in [9.17, 15) is 9.59 Å². The third kappa shape index (κ3) is 18.4. The highest BCUT2D eigenvalue weighted by Gasteiger charge is 2.11. The molecule has 0 aromatic carbocycles. The van der Waals surface area contributed by atoms with Crippen molar-refractivity contribution in [3.8, 4) is 0 Å². The summed E-state index contributed by atoms with van der Waals surface area (Å²) in [7, 11) is 0. The second-order valence-electron chi connectivity index (χ2n) is 6.23. The lowest BCUT2D eigenvalue weighted by Gasteiger charge is -2.19. The molecular weight excluding hydrogens is 282 g/mol. The largest absolute Gasteiger partial charge is 0.478 e. The third-order valence-corrected chi connectivity index (χ3v) is 2.88. The number of carbonyl (C=O) groups is 2. The molecule has 0 amide bonds. The fourth-order valence-electron chi connectivity index (χ4n) is 1.53. The van der Waals surface area contributed by atoms with Gasteiger partial charge in [0.25, 0.3) is 0 Å². The van der Waals surface area contributed by atoms with Gasteiger partial charge in [-0.05, 0) is 39.5 Å². The van der Waals surface area contributed by atoms with Crippen LogP contribution in [-0.4, -0.2) is 29.2 Å². The first kappa shape index (κ1) is 22.7. The van der Waals surface area contributed by atoms with Gasteiger partial charge in [0.15, 0.2) is 0 Å². The van der Waals surface area contributed by atoms with Crippen LogP contribution in [0, 0.1) is 5.92 Å². The predicted molar refractivity (Wildman–Crippen MR) is 89.5 cm³/mol. The molecule has 0 saturated heterocycles. The van der Waals surface area contributed by atoms with E-state index in [0.29, 0.717) is 18.1 Å². The molecule has 5 heteroatoms. The van der Waals surface area contributed by atoms with Crippen LogP contribution in [0.1, 0.15) is 53.4 Å². The maximum atomic E-state index is 11.1. The predicted octanol–water partition coefficient (Wildman–Crippen LogP) is 3.30. The molecule has 0 saturated carbocycles. The molecule has 0 radical (unpaired) electrons. The fraction of sp³-hybridized carbons (Fsp3) is 0.647. The topological polar surface area (TPSA) is 89.6 Å². The van der Waals surface area contributed by atoms with Crippen molar-refractivity contribution in [3.63, 3.8) is 0 Å². The Hall–Kier alpha value is -1.62. The first-order valence-electron chi connectivity index (χ1n) is 7.46. The van der Waals surface area contributed by atoms with E-state index in [-0.39, 0.29) is 11.5 Å². The van der Waals surface area contributed by atoms with Gasteiger partial charge in [-0.1, -0.05) is 32.9 Å². The van der Waals surface area contributed by atoms with Gasteiger partial charge in [0.2, 0.25) is 0 Å². The van der Waals surface area contributed by atoms with Crippen molar-refractivity contribution in [2.75, 3.05) is 6.61 Å². The second kappa shape index (κ2) is 12.0. The van der Waals surface area contributed by atoms with Crippen LogP contribution in [0.2, 0.25) is 0 Å². The highest BCUT2D eigenvalue weighted by molar-refractivity contribution is 5.86. The summed E-state index contributed by atoms with van der Waals surface area (Å²) in [6.07, 6.45) is 5.03. The van der Waals surface area contributed by atoms with Crippen LogP contribution in [-0.2, 0) is 14.3 Å². The van der Waals surface area contributed by atoms with Crippen molar-refractivity contribution >= 4 is 11.9 Å². The quantitative estimate of drug-likeness (QED) is 0.503. The Morgan fingerprint density at radius 3 is 2.23 bits per heavy atom. The monoisotopic (exact) mass is 313 g/mol. The lowest BCUT2D eigenvalue weighted by molar-refractivity contribution is -0.139. The number of nitrogens with two attached hydrogens (primary N) is 1. The highest BCUT2D eigenvalue weighted by Crippen LogP contribution is 2.16. The van der Waals surface area contributed by atoms with E-state index in [2.05, 4.69) is 20.1 Å². The molecule has 0 aromatic heterocycles. The van der Waals surface area contributed by atoms with Crippen molar-refractivity contribution in [3.05, 3.63) is 24.8 Å². The normalized spacial score (nSPS) is 11.7. The zero-order chi connectivity index (χ0) is 17.8. The summed E-state index contributed by atoms with van der Waals surface area (Å²) >= 11 is 0. The van der Waals surface area contributed by atoms with Crippen LogP contribution < -0.4 is 5.73 Å². The number of carbonyl (C=O) groups excluding carboxylic acids is 1. The maximum absolute atomic E-state index is 11.1. The molecule has 0 spiro atoms. The smallest absolute Gasteiger partial charge is 0.333 e. The third-order valence-electron chi connectivity index (χ3n) is 2.88. The van der Waals surface area contributed by atoms with Gasteiger partial charge >= 0.3 is 11.9 Å². The Morgan fingerprint density at radius 2 is 1.86 bits per heavy atom. The Labute approximate surface area is 134 Å². The Morgan fingerprint density at radius 1 is 1.36 bits per heavy atom. The van der Waals surface area contributed by atoms with Crippen molar-refractivity contribution in [2.24, 2.45) is 11.7 Å². The molecule has 1 unspecified atom stereocenters. The average molecular weight is 313 g/mol. The second-order valence-corrected chi connectivity index (χ2v) is 6.23. The standard InChI is InChI=1S/C14H27NO2.C3H4O2/c1-11(2)13(16)17-10-8-12(3)7-6-9-14(4,5)15;1-2-3(4)5/h12H,1,6-10,15H2,2-5H3;2H,1H2,(H,4,5). The molecule has 0 aliphatic carbocycles. The van der Waals surface area contributed by atoms with E-state index in [1.807, 2.05) is 13.8 Å². The Balaban J connectivity index is 0. The van der Waals surface area contributed by atoms with Crippen LogP contribution in [0.5, 0.6) is 0 Å². The number of carboxylic acids is 1. The highest BCUT2D eigenvalue weighted by atomic mass is 16.5.